The summed E-state index contributed by atoms with van der Waals surface area (Å²) >= 11 is 0. The minimum absolute atomic E-state index is 0.0762. The van der Waals surface area contributed by atoms with E-state index in [2.05, 4.69) is 5.32 Å². The van der Waals surface area contributed by atoms with Gasteiger partial charge in [0.25, 0.3) is 5.91 Å². The average Bonchev–Trinajstić information content (AvgIpc) is 3.01. The average molecular weight is 294 g/mol. The molecule has 0 radical (unpaired) electrons. The van der Waals surface area contributed by atoms with Crippen molar-refractivity contribution < 1.29 is 18.7 Å². The Balaban J connectivity index is 1.61. The van der Waals surface area contributed by atoms with Crippen molar-refractivity contribution in [2.45, 2.75) is 19.3 Å². The minimum atomic E-state index is -0.354. The van der Waals surface area contributed by atoms with Crippen LogP contribution in [0.2, 0.25) is 0 Å². The number of rotatable bonds is 6. The van der Waals surface area contributed by atoms with Gasteiger partial charge in [-0.25, -0.2) is 4.39 Å². The van der Waals surface area contributed by atoms with Gasteiger partial charge in [-0.1, -0.05) is 0 Å². The van der Waals surface area contributed by atoms with Crippen molar-refractivity contribution in [3.63, 3.8) is 0 Å². The number of ether oxygens (including phenoxy) is 1. The Kier molecular flexibility index (Phi) is 5.54. The van der Waals surface area contributed by atoms with Crippen molar-refractivity contribution in [3.8, 4) is 5.75 Å². The zero-order valence-corrected chi connectivity index (χ0v) is 11.8. The number of halogens is 1. The first kappa shape index (κ1) is 15.3. The van der Waals surface area contributed by atoms with Crippen LogP contribution in [0.4, 0.5) is 4.39 Å². The van der Waals surface area contributed by atoms with Crippen molar-refractivity contribution in [1.29, 1.82) is 0 Å². The van der Waals surface area contributed by atoms with E-state index in [9.17, 15) is 14.0 Å². The van der Waals surface area contributed by atoms with E-state index in [1.807, 2.05) is 4.90 Å². The summed E-state index contributed by atoms with van der Waals surface area (Å²) in [6.07, 6.45) is 2.43. The Morgan fingerprint density at radius 2 is 1.86 bits per heavy atom. The molecule has 1 aliphatic rings. The Bertz CT molecular complexity index is 484. The Labute approximate surface area is 123 Å². The fourth-order valence-electron chi connectivity index (χ4n) is 2.16. The third kappa shape index (κ3) is 5.06. The van der Waals surface area contributed by atoms with Crippen LogP contribution in [0.25, 0.3) is 0 Å². The summed E-state index contributed by atoms with van der Waals surface area (Å²) in [6, 6.07) is 5.45. The lowest BCUT2D eigenvalue weighted by molar-refractivity contribution is -0.130. The molecule has 0 bridgehead atoms. The van der Waals surface area contributed by atoms with Gasteiger partial charge in [0.1, 0.15) is 11.6 Å². The Morgan fingerprint density at radius 3 is 2.52 bits per heavy atom. The molecule has 1 aromatic rings. The van der Waals surface area contributed by atoms with E-state index in [1.165, 1.54) is 24.3 Å². The first-order valence-electron chi connectivity index (χ1n) is 7.08. The summed E-state index contributed by atoms with van der Waals surface area (Å²) in [6.45, 7) is 1.80. The maximum atomic E-state index is 12.7. The first-order chi connectivity index (χ1) is 10.1. The lowest BCUT2D eigenvalue weighted by Gasteiger charge is -2.15. The smallest absolute Gasteiger partial charge is 0.257 e. The van der Waals surface area contributed by atoms with Gasteiger partial charge in [0, 0.05) is 26.1 Å². The van der Waals surface area contributed by atoms with Gasteiger partial charge in [0.05, 0.1) is 0 Å². The zero-order valence-electron chi connectivity index (χ0n) is 11.8. The molecule has 114 valence electrons. The number of carbonyl (C=O) groups is 2. The standard InChI is InChI=1S/C15H19FN2O3/c16-12-3-5-13(6-4-12)21-11-14(19)17-8-7-15(20)18-9-1-2-10-18/h3-6H,1-2,7-11H2,(H,17,19). The highest BCUT2D eigenvalue weighted by Crippen LogP contribution is 2.10. The van der Waals surface area contributed by atoms with Crippen LogP contribution in [0.5, 0.6) is 5.75 Å². The molecule has 1 saturated heterocycles. The Hall–Kier alpha value is -2.11. The molecule has 0 aliphatic carbocycles. The molecule has 0 spiro atoms. The summed E-state index contributed by atoms with van der Waals surface area (Å²) in [5.41, 5.74) is 0. The highest BCUT2D eigenvalue weighted by Gasteiger charge is 2.17. The van der Waals surface area contributed by atoms with Gasteiger partial charge in [0.15, 0.2) is 6.61 Å². The molecule has 0 atom stereocenters. The van der Waals surface area contributed by atoms with Crippen LogP contribution in [0.3, 0.4) is 0 Å². The fourth-order valence-corrected chi connectivity index (χ4v) is 2.16. The van der Waals surface area contributed by atoms with Gasteiger partial charge in [-0.15, -0.1) is 0 Å². The second-order valence-corrected chi connectivity index (χ2v) is 4.93. The monoisotopic (exact) mass is 294 g/mol. The lowest BCUT2D eigenvalue weighted by Crippen LogP contribution is -2.34. The van der Waals surface area contributed by atoms with Crippen molar-refractivity contribution in [1.82, 2.24) is 10.2 Å². The highest BCUT2D eigenvalue weighted by atomic mass is 19.1. The van der Waals surface area contributed by atoms with Gasteiger partial charge in [-0.2, -0.15) is 0 Å². The van der Waals surface area contributed by atoms with Gasteiger partial charge in [-0.05, 0) is 37.1 Å². The van der Waals surface area contributed by atoms with Crippen LogP contribution in [-0.4, -0.2) is 43.0 Å². The second kappa shape index (κ2) is 7.61. The molecule has 1 N–H and O–H groups in total. The number of nitrogens with one attached hydrogen (secondary N) is 1. The van der Waals surface area contributed by atoms with E-state index in [4.69, 9.17) is 4.74 Å². The van der Waals surface area contributed by atoms with Crippen LogP contribution in [0.15, 0.2) is 24.3 Å². The third-order valence-electron chi connectivity index (χ3n) is 3.30. The van der Waals surface area contributed by atoms with Gasteiger partial charge in [-0.3, -0.25) is 9.59 Å². The number of hydrogen-bond acceptors (Lipinski definition) is 3. The summed E-state index contributed by atoms with van der Waals surface area (Å²) in [7, 11) is 0. The van der Waals surface area contributed by atoms with E-state index >= 15 is 0 Å². The summed E-state index contributed by atoms with van der Waals surface area (Å²) in [4.78, 5) is 25.1. The molecule has 0 aromatic heterocycles. The number of hydrogen-bond donors (Lipinski definition) is 1. The predicted octanol–water partition coefficient (Wildman–Crippen LogP) is 1.33. The van der Waals surface area contributed by atoms with Gasteiger partial charge >= 0.3 is 0 Å². The van der Waals surface area contributed by atoms with Crippen molar-refractivity contribution in [3.05, 3.63) is 30.1 Å². The maximum absolute atomic E-state index is 12.7. The summed E-state index contributed by atoms with van der Waals surface area (Å²) < 4.78 is 17.9. The molecule has 1 aromatic carbocycles. The first-order valence-corrected chi connectivity index (χ1v) is 7.08. The maximum Gasteiger partial charge on any atom is 0.257 e. The molecule has 1 aliphatic heterocycles. The Morgan fingerprint density at radius 1 is 1.19 bits per heavy atom. The van der Waals surface area contributed by atoms with Crippen LogP contribution >= 0.6 is 0 Å². The van der Waals surface area contributed by atoms with Crippen LogP contribution < -0.4 is 10.1 Å². The highest BCUT2D eigenvalue weighted by molar-refractivity contribution is 5.80. The van der Waals surface area contributed by atoms with E-state index < -0.39 is 0 Å². The molecule has 0 saturated carbocycles. The second-order valence-electron chi connectivity index (χ2n) is 4.93. The molecular weight excluding hydrogens is 275 g/mol. The fraction of sp³-hybridized carbons (Fsp3) is 0.467. The largest absolute Gasteiger partial charge is 0.484 e. The quantitative estimate of drug-likeness (QED) is 0.861. The molecule has 2 rings (SSSR count). The van der Waals surface area contributed by atoms with Gasteiger partial charge in [0.2, 0.25) is 5.91 Å². The molecular formula is C15H19FN2O3. The van der Waals surface area contributed by atoms with Crippen molar-refractivity contribution >= 4 is 11.8 Å². The molecule has 1 heterocycles. The van der Waals surface area contributed by atoms with Crippen LogP contribution in [0, 0.1) is 5.82 Å². The summed E-state index contributed by atoms with van der Waals surface area (Å²) in [5.74, 6) is -0.146. The van der Waals surface area contributed by atoms with E-state index in [1.54, 1.807) is 0 Å². The number of amides is 2. The number of benzene rings is 1. The normalized spacial score (nSPS) is 14.0. The third-order valence-corrected chi connectivity index (χ3v) is 3.30. The van der Waals surface area contributed by atoms with Crippen molar-refractivity contribution in [2.75, 3.05) is 26.2 Å². The van der Waals surface area contributed by atoms with E-state index in [0.717, 1.165) is 25.9 Å². The van der Waals surface area contributed by atoms with Crippen LogP contribution in [-0.2, 0) is 9.59 Å². The molecule has 0 unspecified atom stereocenters. The number of likely N-dealkylation sites (tertiary alicyclic amines) is 1. The zero-order chi connectivity index (χ0) is 15.1. The molecule has 6 heteroatoms. The summed E-state index contributed by atoms with van der Waals surface area (Å²) in [5, 5.41) is 2.63. The predicted molar refractivity (Wildman–Crippen MR) is 75.3 cm³/mol. The number of nitrogens with zero attached hydrogens (tertiary/aromatic N) is 1. The van der Waals surface area contributed by atoms with Gasteiger partial charge < -0.3 is 15.0 Å². The van der Waals surface area contributed by atoms with Crippen LogP contribution in [0.1, 0.15) is 19.3 Å². The van der Waals surface area contributed by atoms with E-state index in [-0.39, 0.29) is 24.2 Å². The molecule has 1 fully saturated rings. The molecule has 2 amide bonds. The van der Waals surface area contributed by atoms with Crippen molar-refractivity contribution in [2.24, 2.45) is 0 Å². The SMILES string of the molecule is O=C(COc1ccc(F)cc1)NCCC(=O)N1CCCC1. The van der Waals surface area contributed by atoms with E-state index in [0.29, 0.717) is 18.7 Å². The topological polar surface area (TPSA) is 58.6 Å². The number of carbonyl (C=O) groups excluding carboxylic acids is 2. The molecule has 5 nitrogen and oxygen atoms in total. The molecule has 21 heavy (non-hydrogen) atoms. The minimum Gasteiger partial charge on any atom is -0.484 e. The lowest BCUT2D eigenvalue weighted by atomic mass is 10.3.